The smallest absolute Gasteiger partial charge is 0.306 e. The van der Waals surface area contributed by atoms with Crippen LogP contribution in [0.2, 0.25) is 0 Å². The van der Waals surface area contributed by atoms with E-state index in [1.54, 1.807) is 0 Å². The van der Waals surface area contributed by atoms with Gasteiger partial charge in [0, 0.05) is 19.3 Å². The maximum atomic E-state index is 12.8. The first-order valence-corrected chi connectivity index (χ1v) is 23.8. The SMILES string of the molecule is CC\C=C/C=C\C=C/C=C\C=C\C=C/CCCCCC(=O)OCC(COC(=O)CCCC/C=C\C/C=C\C/C=C\CC)OC(=O)CCCCCCCCC/C=C\C/C=C\CC. The largest absolute Gasteiger partial charge is 0.462 e. The van der Waals surface area contributed by atoms with E-state index in [1.165, 1.54) is 19.3 Å². The average Bonchev–Trinajstić information content (AvgIpc) is 3.26. The van der Waals surface area contributed by atoms with E-state index in [-0.39, 0.29) is 31.1 Å². The average molecular weight is 841 g/mol. The van der Waals surface area contributed by atoms with Crippen molar-refractivity contribution in [3.8, 4) is 0 Å². The Labute approximate surface area is 373 Å². The van der Waals surface area contributed by atoms with Gasteiger partial charge >= 0.3 is 17.9 Å². The number of carbonyl (C=O) groups is 3. The molecule has 0 amide bonds. The van der Waals surface area contributed by atoms with E-state index in [4.69, 9.17) is 14.2 Å². The lowest BCUT2D eigenvalue weighted by Crippen LogP contribution is -2.30. The van der Waals surface area contributed by atoms with Crippen molar-refractivity contribution >= 4 is 17.9 Å². The van der Waals surface area contributed by atoms with Crippen LogP contribution in [0.3, 0.4) is 0 Å². The van der Waals surface area contributed by atoms with Crippen LogP contribution in [0.15, 0.2) is 134 Å². The quantitative estimate of drug-likeness (QED) is 0.0201. The summed E-state index contributed by atoms with van der Waals surface area (Å²) in [6.45, 7) is 6.15. The Kier molecular flexibility index (Phi) is 44.7. The van der Waals surface area contributed by atoms with Gasteiger partial charge < -0.3 is 14.2 Å². The minimum atomic E-state index is -0.820. The molecule has 0 spiro atoms. The van der Waals surface area contributed by atoms with E-state index in [0.717, 1.165) is 109 Å². The Morgan fingerprint density at radius 1 is 0.344 bits per heavy atom. The molecule has 6 nitrogen and oxygen atoms in total. The number of hydrogen-bond donors (Lipinski definition) is 0. The molecule has 0 aromatic rings. The minimum Gasteiger partial charge on any atom is -0.462 e. The van der Waals surface area contributed by atoms with Gasteiger partial charge in [0.2, 0.25) is 0 Å². The second kappa shape index (κ2) is 48.2. The van der Waals surface area contributed by atoms with Gasteiger partial charge in [-0.1, -0.05) is 193 Å². The Morgan fingerprint density at radius 3 is 1.16 bits per heavy atom. The van der Waals surface area contributed by atoms with E-state index >= 15 is 0 Å². The molecular weight excluding hydrogens is 757 g/mol. The molecule has 0 aromatic heterocycles. The number of unbranched alkanes of at least 4 members (excludes halogenated alkanes) is 12. The zero-order valence-electron chi connectivity index (χ0n) is 38.6. The minimum absolute atomic E-state index is 0.121. The van der Waals surface area contributed by atoms with Crippen molar-refractivity contribution in [2.45, 2.75) is 181 Å². The topological polar surface area (TPSA) is 78.9 Å². The number of rotatable bonds is 40. The normalized spacial score (nSPS) is 13.3. The highest BCUT2D eigenvalue weighted by atomic mass is 16.6. The van der Waals surface area contributed by atoms with E-state index in [0.29, 0.717) is 25.7 Å². The molecule has 0 bridgehead atoms. The molecule has 0 rings (SSSR count). The molecule has 340 valence electrons. The van der Waals surface area contributed by atoms with Gasteiger partial charge in [0.15, 0.2) is 6.10 Å². The third kappa shape index (κ3) is 46.5. The van der Waals surface area contributed by atoms with E-state index in [1.807, 2.05) is 60.8 Å². The Hall–Kier alpha value is -4.45. The fourth-order valence-corrected chi connectivity index (χ4v) is 5.82. The van der Waals surface area contributed by atoms with Gasteiger partial charge in [0.1, 0.15) is 13.2 Å². The van der Waals surface area contributed by atoms with Gasteiger partial charge in [-0.3, -0.25) is 14.4 Å². The third-order valence-electron chi connectivity index (χ3n) is 9.29. The molecule has 0 N–H and O–H groups in total. The number of allylic oxidation sites excluding steroid dienone is 22. The highest BCUT2D eigenvalue weighted by molar-refractivity contribution is 5.71. The molecule has 0 fully saturated rings. The summed E-state index contributed by atoms with van der Waals surface area (Å²) in [5.74, 6) is -1.02. The molecule has 1 atom stereocenters. The van der Waals surface area contributed by atoms with Crippen LogP contribution < -0.4 is 0 Å². The van der Waals surface area contributed by atoms with E-state index in [9.17, 15) is 14.4 Å². The number of esters is 3. The standard InChI is InChI=1S/C55H84O6/c1-4-7-10-13-16-19-22-25-27-28-29-31-33-36-39-42-45-48-54(57)60-51-52(50-59-53(56)47-44-41-38-35-32-24-21-18-15-12-9-6-3)61-55(58)49-46-43-40-37-34-30-26-23-20-17-14-11-8-5-2/h7-13,16-22,25,27-29,31-33,35,52H,4-6,14-15,23-24,26,30,34,36-51H2,1-3H3/b10-7-,11-8-,12-9-,16-13-,20-17-,21-18-,22-19-,27-25-,29-28+,33-31-,35-32-. The zero-order chi connectivity index (χ0) is 44.4. The van der Waals surface area contributed by atoms with Crippen molar-refractivity contribution in [2.75, 3.05) is 13.2 Å². The summed E-state index contributed by atoms with van der Waals surface area (Å²) in [7, 11) is 0. The van der Waals surface area contributed by atoms with Crippen LogP contribution in [-0.2, 0) is 28.6 Å². The lowest BCUT2D eigenvalue weighted by Gasteiger charge is -2.18. The predicted molar refractivity (Wildman–Crippen MR) is 260 cm³/mol. The Bertz CT molecular complexity index is 1380. The fourth-order valence-electron chi connectivity index (χ4n) is 5.82. The maximum Gasteiger partial charge on any atom is 0.306 e. The van der Waals surface area contributed by atoms with Gasteiger partial charge in [-0.2, -0.15) is 0 Å². The van der Waals surface area contributed by atoms with E-state index in [2.05, 4.69) is 93.7 Å². The van der Waals surface area contributed by atoms with Crippen LogP contribution in [0.1, 0.15) is 175 Å². The molecule has 0 aliphatic heterocycles. The first kappa shape index (κ1) is 56.5. The Morgan fingerprint density at radius 2 is 0.672 bits per heavy atom. The summed E-state index contributed by atoms with van der Waals surface area (Å²) in [6.07, 6.45) is 67.2. The van der Waals surface area contributed by atoms with Crippen molar-refractivity contribution in [2.24, 2.45) is 0 Å². The van der Waals surface area contributed by atoms with Crippen LogP contribution in [0, 0.1) is 0 Å². The fraction of sp³-hybridized carbons (Fsp3) is 0.545. The number of carbonyl (C=O) groups excluding carboxylic acids is 3. The van der Waals surface area contributed by atoms with Crippen molar-refractivity contribution < 1.29 is 28.6 Å². The van der Waals surface area contributed by atoms with Crippen LogP contribution in [0.4, 0.5) is 0 Å². The summed E-state index contributed by atoms with van der Waals surface area (Å²) in [4.78, 5) is 37.8. The molecule has 0 heterocycles. The number of ether oxygens (including phenoxy) is 3. The van der Waals surface area contributed by atoms with Crippen molar-refractivity contribution in [3.05, 3.63) is 134 Å². The monoisotopic (exact) mass is 841 g/mol. The molecule has 0 radical (unpaired) electrons. The summed E-state index contributed by atoms with van der Waals surface area (Å²) < 4.78 is 16.7. The summed E-state index contributed by atoms with van der Waals surface area (Å²) in [5, 5.41) is 0. The molecule has 61 heavy (non-hydrogen) atoms. The Balaban J connectivity index is 4.57. The van der Waals surface area contributed by atoms with Crippen molar-refractivity contribution in [1.82, 2.24) is 0 Å². The maximum absolute atomic E-state index is 12.8. The summed E-state index contributed by atoms with van der Waals surface area (Å²) in [5.41, 5.74) is 0. The molecule has 0 saturated heterocycles. The highest BCUT2D eigenvalue weighted by Crippen LogP contribution is 2.12. The van der Waals surface area contributed by atoms with Crippen LogP contribution >= 0.6 is 0 Å². The second-order valence-corrected chi connectivity index (χ2v) is 15.0. The van der Waals surface area contributed by atoms with Crippen molar-refractivity contribution in [3.63, 3.8) is 0 Å². The number of hydrogen-bond acceptors (Lipinski definition) is 6. The first-order chi connectivity index (χ1) is 30.0. The van der Waals surface area contributed by atoms with Gasteiger partial charge in [-0.25, -0.2) is 0 Å². The van der Waals surface area contributed by atoms with Crippen LogP contribution in [0.5, 0.6) is 0 Å². The predicted octanol–water partition coefficient (Wildman–Crippen LogP) is 15.5. The van der Waals surface area contributed by atoms with Crippen LogP contribution in [-0.4, -0.2) is 37.2 Å². The third-order valence-corrected chi connectivity index (χ3v) is 9.29. The van der Waals surface area contributed by atoms with E-state index < -0.39 is 6.10 Å². The summed E-state index contributed by atoms with van der Waals surface area (Å²) >= 11 is 0. The molecular formula is C55H84O6. The van der Waals surface area contributed by atoms with Gasteiger partial charge in [-0.15, -0.1) is 0 Å². The van der Waals surface area contributed by atoms with Crippen molar-refractivity contribution in [1.29, 1.82) is 0 Å². The highest BCUT2D eigenvalue weighted by Gasteiger charge is 2.19. The summed E-state index contributed by atoms with van der Waals surface area (Å²) in [6, 6.07) is 0. The van der Waals surface area contributed by atoms with Gasteiger partial charge in [0.05, 0.1) is 0 Å². The molecule has 0 aliphatic carbocycles. The molecule has 0 aliphatic rings. The lowest BCUT2D eigenvalue weighted by molar-refractivity contribution is -0.167. The zero-order valence-corrected chi connectivity index (χ0v) is 38.6. The molecule has 1 unspecified atom stereocenters. The molecule has 0 aromatic carbocycles. The lowest BCUT2D eigenvalue weighted by atomic mass is 10.1. The first-order valence-electron chi connectivity index (χ1n) is 23.8. The second-order valence-electron chi connectivity index (χ2n) is 15.0. The van der Waals surface area contributed by atoms with Gasteiger partial charge in [0.25, 0.3) is 0 Å². The van der Waals surface area contributed by atoms with Gasteiger partial charge in [-0.05, 0) is 96.3 Å². The molecule has 6 heteroatoms. The van der Waals surface area contributed by atoms with Crippen LogP contribution in [0.25, 0.3) is 0 Å². The molecule has 0 saturated carbocycles.